The molecule has 0 saturated heterocycles. The molecule has 19 heavy (non-hydrogen) atoms. The van der Waals surface area contributed by atoms with Gasteiger partial charge < -0.3 is 19.6 Å². The first-order chi connectivity index (χ1) is 9.13. The van der Waals surface area contributed by atoms with Crippen molar-refractivity contribution >= 4 is 16.9 Å². The molecule has 6 nitrogen and oxygen atoms in total. The van der Waals surface area contributed by atoms with Crippen molar-refractivity contribution in [3.05, 3.63) is 40.2 Å². The van der Waals surface area contributed by atoms with E-state index >= 15 is 0 Å². The lowest BCUT2D eigenvalue weighted by atomic mass is 10.1. The van der Waals surface area contributed by atoms with Crippen LogP contribution in [0.3, 0.4) is 0 Å². The topological polar surface area (TPSA) is 88.6 Å². The number of ether oxygens (including phenoxy) is 2. The van der Waals surface area contributed by atoms with Gasteiger partial charge in [-0.1, -0.05) is 0 Å². The third-order valence-corrected chi connectivity index (χ3v) is 2.63. The minimum atomic E-state index is -1.14. The summed E-state index contributed by atoms with van der Waals surface area (Å²) in [6, 6.07) is 4.17. The van der Waals surface area contributed by atoms with Crippen molar-refractivity contribution in [1.29, 1.82) is 0 Å². The molecule has 0 spiro atoms. The molecule has 0 unspecified atom stereocenters. The van der Waals surface area contributed by atoms with Gasteiger partial charge in [-0.3, -0.25) is 4.79 Å². The van der Waals surface area contributed by atoms with E-state index < -0.39 is 5.97 Å². The quantitative estimate of drug-likeness (QED) is 0.792. The number of aromatic nitrogens is 1. The van der Waals surface area contributed by atoms with E-state index in [-0.39, 0.29) is 23.3 Å². The summed E-state index contributed by atoms with van der Waals surface area (Å²) in [5, 5.41) is 9.47. The molecule has 1 heterocycles. The number of aromatic carboxylic acids is 1. The molecule has 2 aromatic rings. The molecule has 0 aliphatic heterocycles. The number of hydrogen-bond donors (Lipinski definition) is 2. The summed E-state index contributed by atoms with van der Waals surface area (Å²) in [7, 11) is 1.53. The molecule has 0 radical (unpaired) electrons. The third kappa shape index (κ3) is 2.74. The summed E-state index contributed by atoms with van der Waals surface area (Å²) in [5.41, 5.74) is 0.255. The Morgan fingerprint density at radius 2 is 2.16 bits per heavy atom. The zero-order valence-electron chi connectivity index (χ0n) is 10.3. The minimum Gasteiger partial charge on any atom is -0.490 e. The Kier molecular flexibility index (Phi) is 3.82. The number of aromatic amines is 1. The van der Waals surface area contributed by atoms with Gasteiger partial charge in [0, 0.05) is 30.8 Å². The van der Waals surface area contributed by atoms with Crippen molar-refractivity contribution in [3.8, 4) is 5.75 Å². The van der Waals surface area contributed by atoms with Gasteiger partial charge in [-0.15, -0.1) is 0 Å². The van der Waals surface area contributed by atoms with Crippen LogP contribution in [0.2, 0.25) is 0 Å². The molecule has 0 fully saturated rings. The van der Waals surface area contributed by atoms with E-state index in [1.165, 1.54) is 31.5 Å². The molecule has 1 aromatic carbocycles. The number of hydrogen-bond acceptors (Lipinski definition) is 4. The fourth-order valence-corrected chi connectivity index (χ4v) is 1.72. The van der Waals surface area contributed by atoms with Crippen LogP contribution in [-0.4, -0.2) is 36.4 Å². The number of pyridine rings is 1. The minimum absolute atomic E-state index is 0.0414. The van der Waals surface area contributed by atoms with Crippen molar-refractivity contribution in [2.45, 2.75) is 0 Å². The van der Waals surface area contributed by atoms with Crippen LogP contribution >= 0.6 is 0 Å². The van der Waals surface area contributed by atoms with E-state index in [0.717, 1.165) is 0 Å². The number of carboxylic acid groups (broad SMARTS) is 1. The van der Waals surface area contributed by atoms with E-state index in [4.69, 9.17) is 14.6 Å². The average molecular weight is 263 g/mol. The van der Waals surface area contributed by atoms with Crippen LogP contribution < -0.4 is 10.2 Å². The maximum atomic E-state index is 11.7. The number of nitrogens with one attached hydrogen (secondary N) is 1. The molecule has 100 valence electrons. The predicted molar refractivity (Wildman–Crippen MR) is 68.9 cm³/mol. The van der Waals surface area contributed by atoms with E-state index in [1.807, 2.05) is 0 Å². The molecule has 0 bridgehead atoms. The largest absolute Gasteiger partial charge is 0.490 e. The van der Waals surface area contributed by atoms with E-state index in [2.05, 4.69) is 4.98 Å². The molecule has 0 aliphatic carbocycles. The van der Waals surface area contributed by atoms with Gasteiger partial charge in [0.15, 0.2) is 5.43 Å². The smallest absolute Gasteiger partial charge is 0.339 e. The van der Waals surface area contributed by atoms with Gasteiger partial charge in [0.25, 0.3) is 0 Å². The summed E-state index contributed by atoms with van der Waals surface area (Å²) < 4.78 is 10.2. The maximum absolute atomic E-state index is 11.7. The molecule has 1 aromatic heterocycles. The third-order valence-electron chi connectivity index (χ3n) is 2.63. The first kappa shape index (κ1) is 13.1. The average Bonchev–Trinajstić information content (AvgIpc) is 2.38. The Balaban J connectivity index is 2.52. The van der Waals surface area contributed by atoms with Gasteiger partial charge in [-0.05, 0) is 6.07 Å². The van der Waals surface area contributed by atoms with Gasteiger partial charge in [0.05, 0.1) is 12.1 Å². The van der Waals surface area contributed by atoms with Crippen molar-refractivity contribution in [2.75, 3.05) is 20.3 Å². The highest BCUT2D eigenvalue weighted by molar-refractivity contribution is 5.96. The fourth-order valence-electron chi connectivity index (χ4n) is 1.72. The zero-order valence-corrected chi connectivity index (χ0v) is 10.3. The standard InChI is InChI=1S/C13H13NO5/c1-18-4-5-19-12-7-10-8(6-9(12)13(16)17)11(15)2-3-14-10/h2-3,6-7H,4-5H2,1H3,(H,14,15)(H,16,17). The summed E-state index contributed by atoms with van der Waals surface area (Å²) in [5.74, 6) is -0.934. The number of carboxylic acids is 1. The summed E-state index contributed by atoms with van der Waals surface area (Å²) in [6.07, 6.45) is 1.50. The van der Waals surface area contributed by atoms with Crippen molar-refractivity contribution in [1.82, 2.24) is 4.98 Å². The van der Waals surface area contributed by atoms with Crippen molar-refractivity contribution in [2.24, 2.45) is 0 Å². The summed E-state index contributed by atoms with van der Waals surface area (Å²) >= 11 is 0. The predicted octanol–water partition coefficient (Wildman–Crippen LogP) is 1.25. The second-order valence-corrected chi connectivity index (χ2v) is 3.88. The van der Waals surface area contributed by atoms with Crippen LogP contribution in [0.1, 0.15) is 10.4 Å². The molecule has 0 aliphatic rings. The number of methoxy groups -OCH3 is 1. The van der Waals surface area contributed by atoms with Crippen molar-refractivity contribution in [3.63, 3.8) is 0 Å². The lowest BCUT2D eigenvalue weighted by Crippen LogP contribution is -2.10. The summed E-state index contributed by atoms with van der Waals surface area (Å²) in [4.78, 5) is 25.7. The highest BCUT2D eigenvalue weighted by Gasteiger charge is 2.14. The summed E-state index contributed by atoms with van der Waals surface area (Å²) in [6.45, 7) is 0.585. The Hall–Kier alpha value is -2.34. The van der Waals surface area contributed by atoms with E-state index in [9.17, 15) is 9.59 Å². The van der Waals surface area contributed by atoms with Crippen LogP contribution in [0, 0.1) is 0 Å². The first-order valence-electron chi connectivity index (χ1n) is 5.64. The SMILES string of the molecule is COCCOc1cc2[nH]ccc(=O)c2cc1C(=O)O. The lowest BCUT2D eigenvalue weighted by molar-refractivity contribution is 0.0690. The molecular formula is C13H13NO5. The number of rotatable bonds is 5. The fraction of sp³-hybridized carbons (Fsp3) is 0.231. The normalized spacial score (nSPS) is 10.6. The van der Waals surface area contributed by atoms with Gasteiger partial charge in [-0.25, -0.2) is 4.79 Å². The molecular weight excluding hydrogens is 250 g/mol. The Morgan fingerprint density at radius 1 is 1.37 bits per heavy atom. The highest BCUT2D eigenvalue weighted by atomic mass is 16.5. The number of carbonyl (C=O) groups is 1. The molecule has 6 heteroatoms. The van der Waals surface area contributed by atoms with Gasteiger partial charge in [0.2, 0.25) is 0 Å². The van der Waals surface area contributed by atoms with Gasteiger partial charge in [-0.2, -0.15) is 0 Å². The monoisotopic (exact) mass is 263 g/mol. The Labute approximate surface area is 108 Å². The molecule has 0 saturated carbocycles. The van der Waals surface area contributed by atoms with Crippen LogP contribution in [-0.2, 0) is 4.74 Å². The molecule has 0 atom stereocenters. The van der Waals surface area contributed by atoms with Gasteiger partial charge in [0.1, 0.15) is 17.9 Å². The number of benzene rings is 1. The van der Waals surface area contributed by atoms with Crippen LogP contribution in [0.4, 0.5) is 0 Å². The van der Waals surface area contributed by atoms with E-state index in [1.54, 1.807) is 0 Å². The highest BCUT2D eigenvalue weighted by Crippen LogP contribution is 2.23. The second kappa shape index (κ2) is 5.53. The molecule has 2 rings (SSSR count). The Morgan fingerprint density at radius 3 is 2.84 bits per heavy atom. The van der Waals surface area contributed by atoms with Crippen LogP contribution in [0.5, 0.6) is 5.75 Å². The molecule has 2 N–H and O–H groups in total. The number of fused-ring (bicyclic) bond motifs is 1. The van der Waals surface area contributed by atoms with Crippen molar-refractivity contribution < 1.29 is 19.4 Å². The van der Waals surface area contributed by atoms with Gasteiger partial charge >= 0.3 is 5.97 Å². The second-order valence-electron chi connectivity index (χ2n) is 3.88. The molecule has 0 amide bonds. The first-order valence-corrected chi connectivity index (χ1v) is 5.64. The Bertz CT molecular complexity index is 662. The maximum Gasteiger partial charge on any atom is 0.339 e. The number of H-pyrrole nitrogens is 1. The van der Waals surface area contributed by atoms with Crippen LogP contribution in [0.15, 0.2) is 29.2 Å². The zero-order chi connectivity index (χ0) is 13.8. The van der Waals surface area contributed by atoms with Crippen LogP contribution in [0.25, 0.3) is 10.9 Å². The lowest BCUT2D eigenvalue weighted by Gasteiger charge is -2.10. The van der Waals surface area contributed by atoms with E-state index in [0.29, 0.717) is 17.5 Å².